The number of anilines is 1. The molecule has 1 heterocycles. The lowest BCUT2D eigenvalue weighted by Crippen LogP contribution is -2.41. The van der Waals surface area contributed by atoms with E-state index in [0.717, 1.165) is 0 Å². The molecule has 4 nitrogen and oxygen atoms in total. The number of aliphatic hydroxyl groups is 1. The van der Waals surface area contributed by atoms with E-state index in [1.807, 2.05) is 0 Å². The summed E-state index contributed by atoms with van der Waals surface area (Å²) >= 11 is 0. The fourth-order valence-electron chi connectivity index (χ4n) is 3.61. The van der Waals surface area contributed by atoms with Crippen LogP contribution in [0.1, 0.15) is 27.9 Å². The zero-order valence-corrected chi connectivity index (χ0v) is 15.0. The molecule has 140 valence electrons. The average molecular weight is 375 g/mol. The van der Waals surface area contributed by atoms with E-state index >= 15 is 0 Å². The van der Waals surface area contributed by atoms with Crippen LogP contribution in [-0.4, -0.2) is 16.8 Å². The van der Waals surface area contributed by atoms with Crippen molar-refractivity contribution in [3.05, 3.63) is 101 Å². The monoisotopic (exact) mass is 375 g/mol. The van der Waals surface area contributed by atoms with Crippen molar-refractivity contribution in [2.24, 2.45) is 0 Å². The SMILES string of the molecule is O=C(CC1(O)C(=O)N(Cc2cccc(F)c2)c2ccccc21)c1ccccc1. The number of para-hydroxylation sites is 1. The minimum absolute atomic E-state index is 0.107. The van der Waals surface area contributed by atoms with Gasteiger partial charge in [-0.3, -0.25) is 9.59 Å². The van der Waals surface area contributed by atoms with Gasteiger partial charge in [-0.2, -0.15) is 0 Å². The van der Waals surface area contributed by atoms with Gasteiger partial charge in [0.1, 0.15) is 5.82 Å². The highest BCUT2D eigenvalue weighted by molar-refractivity contribution is 6.10. The largest absolute Gasteiger partial charge is 0.375 e. The van der Waals surface area contributed by atoms with Crippen molar-refractivity contribution in [1.82, 2.24) is 0 Å². The van der Waals surface area contributed by atoms with Gasteiger partial charge in [0.2, 0.25) is 0 Å². The molecule has 0 bridgehead atoms. The predicted molar refractivity (Wildman–Crippen MR) is 103 cm³/mol. The van der Waals surface area contributed by atoms with Gasteiger partial charge in [0.25, 0.3) is 5.91 Å². The molecule has 4 rings (SSSR count). The van der Waals surface area contributed by atoms with Crippen LogP contribution in [0.15, 0.2) is 78.9 Å². The molecular formula is C23H18FNO3. The molecule has 1 aliphatic rings. The highest BCUT2D eigenvalue weighted by Crippen LogP contribution is 2.43. The lowest BCUT2D eigenvalue weighted by Gasteiger charge is -2.23. The molecular weight excluding hydrogens is 357 g/mol. The topological polar surface area (TPSA) is 57.6 Å². The van der Waals surface area contributed by atoms with Crippen molar-refractivity contribution in [2.75, 3.05) is 4.90 Å². The molecule has 0 aliphatic carbocycles. The second-order valence-electron chi connectivity index (χ2n) is 6.86. The third kappa shape index (κ3) is 3.10. The molecule has 0 aromatic heterocycles. The number of ketones is 1. The van der Waals surface area contributed by atoms with Crippen LogP contribution >= 0.6 is 0 Å². The van der Waals surface area contributed by atoms with Crippen LogP contribution in [0.5, 0.6) is 0 Å². The molecule has 28 heavy (non-hydrogen) atoms. The van der Waals surface area contributed by atoms with Crippen LogP contribution in [-0.2, 0) is 16.9 Å². The molecule has 1 amide bonds. The van der Waals surface area contributed by atoms with Crippen molar-refractivity contribution in [3.63, 3.8) is 0 Å². The van der Waals surface area contributed by atoms with Gasteiger partial charge in [-0.05, 0) is 23.8 Å². The van der Waals surface area contributed by atoms with E-state index in [0.29, 0.717) is 22.4 Å². The molecule has 1 unspecified atom stereocenters. The third-order valence-electron chi connectivity index (χ3n) is 4.98. The van der Waals surface area contributed by atoms with Crippen molar-refractivity contribution >= 4 is 17.4 Å². The summed E-state index contributed by atoms with van der Waals surface area (Å²) in [4.78, 5) is 27.3. The number of halogens is 1. The maximum Gasteiger partial charge on any atom is 0.264 e. The molecule has 3 aromatic carbocycles. The van der Waals surface area contributed by atoms with Crippen molar-refractivity contribution in [1.29, 1.82) is 0 Å². The van der Waals surface area contributed by atoms with Gasteiger partial charge in [-0.25, -0.2) is 4.39 Å². The zero-order chi connectivity index (χ0) is 19.7. The average Bonchev–Trinajstić information content (AvgIpc) is 2.91. The van der Waals surface area contributed by atoms with Gasteiger partial charge in [-0.15, -0.1) is 0 Å². The first-order valence-corrected chi connectivity index (χ1v) is 8.95. The number of fused-ring (bicyclic) bond motifs is 1. The lowest BCUT2D eigenvalue weighted by atomic mass is 9.88. The first kappa shape index (κ1) is 18.1. The van der Waals surface area contributed by atoms with Crippen LogP contribution in [0.2, 0.25) is 0 Å². The van der Waals surface area contributed by atoms with E-state index in [1.165, 1.54) is 17.0 Å². The second-order valence-corrected chi connectivity index (χ2v) is 6.86. The Bertz CT molecular complexity index is 1050. The highest BCUT2D eigenvalue weighted by atomic mass is 19.1. The summed E-state index contributed by atoms with van der Waals surface area (Å²) in [6.07, 6.45) is -0.355. The molecule has 1 N–H and O–H groups in total. The Balaban J connectivity index is 1.69. The Morgan fingerprint density at radius 1 is 0.964 bits per heavy atom. The Morgan fingerprint density at radius 2 is 1.68 bits per heavy atom. The fourth-order valence-corrected chi connectivity index (χ4v) is 3.61. The summed E-state index contributed by atoms with van der Waals surface area (Å²) in [6, 6.07) is 21.4. The maximum atomic E-state index is 13.5. The van der Waals surface area contributed by atoms with Gasteiger partial charge < -0.3 is 10.0 Å². The molecule has 0 saturated heterocycles. The van der Waals surface area contributed by atoms with E-state index in [-0.39, 0.29) is 18.7 Å². The molecule has 3 aromatic rings. The minimum Gasteiger partial charge on any atom is -0.375 e. The second kappa shape index (κ2) is 7.02. The Kier molecular flexibility index (Phi) is 4.53. The molecule has 0 radical (unpaired) electrons. The Hall–Kier alpha value is -3.31. The fraction of sp³-hybridized carbons (Fsp3) is 0.130. The van der Waals surface area contributed by atoms with E-state index in [9.17, 15) is 19.1 Å². The number of amides is 1. The Labute approximate surface area is 161 Å². The summed E-state index contributed by atoms with van der Waals surface area (Å²) in [6.45, 7) is 0.107. The summed E-state index contributed by atoms with van der Waals surface area (Å²) in [5.74, 6) is -1.30. The molecule has 0 saturated carbocycles. The molecule has 1 aliphatic heterocycles. The number of carbonyl (C=O) groups is 2. The third-order valence-corrected chi connectivity index (χ3v) is 4.98. The number of benzene rings is 3. The first-order valence-electron chi connectivity index (χ1n) is 8.95. The first-order chi connectivity index (χ1) is 13.5. The summed E-state index contributed by atoms with van der Waals surface area (Å²) in [5.41, 5.74) is 0.00370. The van der Waals surface area contributed by atoms with Crippen LogP contribution in [0.25, 0.3) is 0 Å². The van der Waals surface area contributed by atoms with Gasteiger partial charge in [0.15, 0.2) is 11.4 Å². The van der Waals surface area contributed by atoms with Crippen LogP contribution in [0.4, 0.5) is 10.1 Å². The van der Waals surface area contributed by atoms with E-state index in [2.05, 4.69) is 0 Å². The number of rotatable bonds is 5. The van der Waals surface area contributed by atoms with Gasteiger partial charge in [0, 0.05) is 11.1 Å². The number of Topliss-reactive ketones (excluding diaryl/α,β-unsaturated/α-hetero) is 1. The standard InChI is InChI=1S/C23H18FNO3/c24-18-10-6-7-16(13-18)15-25-20-12-5-4-11-19(20)23(28,22(25)27)14-21(26)17-8-2-1-3-9-17/h1-13,28H,14-15H2. The van der Waals surface area contributed by atoms with E-state index in [4.69, 9.17) is 0 Å². The number of carbonyl (C=O) groups excluding carboxylic acids is 2. The van der Waals surface area contributed by atoms with Crippen molar-refractivity contribution in [2.45, 2.75) is 18.6 Å². The number of hydrogen-bond donors (Lipinski definition) is 1. The van der Waals surface area contributed by atoms with Crippen molar-refractivity contribution in [3.8, 4) is 0 Å². The summed E-state index contributed by atoms with van der Waals surface area (Å²) < 4.78 is 13.5. The Morgan fingerprint density at radius 3 is 2.43 bits per heavy atom. The van der Waals surface area contributed by atoms with E-state index in [1.54, 1.807) is 66.7 Å². The summed E-state index contributed by atoms with van der Waals surface area (Å²) in [5, 5.41) is 11.3. The number of hydrogen-bond acceptors (Lipinski definition) is 3. The van der Waals surface area contributed by atoms with Crippen LogP contribution in [0, 0.1) is 5.82 Å². The molecule has 1 atom stereocenters. The predicted octanol–water partition coefficient (Wildman–Crippen LogP) is 3.83. The zero-order valence-electron chi connectivity index (χ0n) is 15.0. The number of nitrogens with zero attached hydrogens (tertiary/aromatic N) is 1. The van der Waals surface area contributed by atoms with Crippen LogP contribution in [0.3, 0.4) is 0 Å². The molecule has 5 heteroatoms. The molecule has 0 spiro atoms. The summed E-state index contributed by atoms with van der Waals surface area (Å²) in [7, 11) is 0. The van der Waals surface area contributed by atoms with Gasteiger partial charge >= 0.3 is 0 Å². The van der Waals surface area contributed by atoms with E-state index < -0.39 is 17.3 Å². The maximum absolute atomic E-state index is 13.5. The minimum atomic E-state index is -1.95. The normalized spacial score (nSPS) is 18.2. The van der Waals surface area contributed by atoms with Crippen molar-refractivity contribution < 1.29 is 19.1 Å². The van der Waals surface area contributed by atoms with Gasteiger partial charge in [-0.1, -0.05) is 60.7 Å². The lowest BCUT2D eigenvalue weighted by molar-refractivity contribution is -0.136. The molecule has 0 fully saturated rings. The van der Waals surface area contributed by atoms with Gasteiger partial charge in [0.05, 0.1) is 18.7 Å². The van der Waals surface area contributed by atoms with Crippen LogP contribution < -0.4 is 4.90 Å². The smallest absolute Gasteiger partial charge is 0.264 e. The quantitative estimate of drug-likeness (QED) is 0.690. The highest BCUT2D eigenvalue weighted by Gasteiger charge is 2.50.